The molecule has 4 N–H and O–H groups in total. The van der Waals surface area contributed by atoms with E-state index in [1.807, 2.05) is 6.92 Å². The monoisotopic (exact) mass is 284 g/mol. The van der Waals surface area contributed by atoms with E-state index in [2.05, 4.69) is 15.5 Å². The van der Waals surface area contributed by atoms with Gasteiger partial charge in [-0.05, 0) is 53.2 Å². The van der Waals surface area contributed by atoms with E-state index in [0.29, 0.717) is 28.5 Å². The lowest BCUT2D eigenvalue weighted by Gasteiger charge is -2.09. The molecule has 7 heteroatoms. The molecule has 0 radical (unpaired) electrons. The minimum atomic E-state index is -0.357. The third-order valence-electron chi connectivity index (χ3n) is 3.10. The third-order valence-corrected chi connectivity index (χ3v) is 3.10. The van der Waals surface area contributed by atoms with Crippen molar-refractivity contribution in [2.45, 2.75) is 6.92 Å². The molecule has 1 aromatic heterocycles. The second-order valence-corrected chi connectivity index (χ2v) is 4.73. The third kappa shape index (κ3) is 2.40. The van der Waals surface area contributed by atoms with Crippen LogP contribution in [0.1, 0.15) is 5.56 Å². The molecule has 0 saturated heterocycles. The van der Waals surface area contributed by atoms with E-state index in [9.17, 15) is 4.39 Å². The zero-order valence-electron chi connectivity index (χ0n) is 11.3. The van der Waals surface area contributed by atoms with Crippen molar-refractivity contribution in [3.8, 4) is 17.1 Å². The van der Waals surface area contributed by atoms with E-state index in [1.165, 1.54) is 16.8 Å². The van der Waals surface area contributed by atoms with Crippen LogP contribution in [0.3, 0.4) is 0 Å². The highest BCUT2D eigenvalue weighted by Crippen LogP contribution is 2.25. The Morgan fingerprint density at radius 2 is 1.76 bits per heavy atom. The highest BCUT2D eigenvalue weighted by atomic mass is 19.1. The molecule has 0 aliphatic heterocycles. The van der Waals surface area contributed by atoms with Crippen molar-refractivity contribution in [2.24, 2.45) is 0 Å². The second kappa shape index (κ2) is 4.86. The van der Waals surface area contributed by atoms with Crippen LogP contribution < -0.4 is 11.5 Å². The van der Waals surface area contributed by atoms with Crippen molar-refractivity contribution < 1.29 is 4.39 Å². The van der Waals surface area contributed by atoms with E-state index in [0.717, 1.165) is 5.56 Å². The number of tetrazole rings is 1. The summed E-state index contributed by atoms with van der Waals surface area (Å²) in [6, 6.07) is 9.52. The van der Waals surface area contributed by atoms with E-state index in [4.69, 9.17) is 11.5 Å². The first-order chi connectivity index (χ1) is 10.0. The lowest BCUT2D eigenvalue weighted by atomic mass is 10.1. The summed E-state index contributed by atoms with van der Waals surface area (Å²) >= 11 is 0. The molecule has 6 nitrogen and oxygen atoms in total. The molecule has 0 bridgehead atoms. The second-order valence-electron chi connectivity index (χ2n) is 4.73. The Balaban J connectivity index is 2.19. The van der Waals surface area contributed by atoms with E-state index >= 15 is 0 Å². The highest BCUT2D eigenvalue weighted by molar-refractivity contribution is 5.69. The molecule has 0 atom stereocenters. The summed E-state index contributed by atoms with van der Waals surface area (Å²) < 4.78 is 14.9. The Labute approximate surface area is 120 Å². The first-order valence-corrected chi connectivity index (χ1v) is 6.26. The maximum absolute atomic E-state index is 13.5. The molecule has 106 valence electrons. The van der Waals surface area contributed by atoms with Crippen LogP contribution in [0.2, 0.25) is 0 Å². The molecular formula is C14H13FN6. The summed E-state index contributed by atoms with van der Waals surface area (Å²) in [7, 11) is 0. The average molecular weight is 284 g/mol. The van der Waals surface area contributed by atoms with Gasteiger partial charge in [0, 0.05) is 16.9 Å². The number of anilines is 2. The van der Waals surface area contributed by atoms with Crippen molar-refractivity contribution in [3.05, 3.63) is 47.8 Å². The molecule has 3 rings (SSSR count). The first-order valence-electron chi connectivity index (χ1n) is 6.26. The van der Waals surface area contributed by atoms with Crippen LogP contribution in [0.4, 0.5) is 15.8 Å². The minimum absolute atomic E-state index is 0.357. The number of aryl methyl sites for hydroxylation is 1. The molecule has 0 fully saturated rings. The van der Waals surface area contributed by atoms with Gasteiger partial charge in [-0.1, -0.05) is 6.07 Å². The fourth-order valence-corrected chi connectivity index (χ4v) is 2.15. The molecular weight excluding hydrogens is 271 g/mol. The Morgan fingerprint density at radius 3 is 2.48 bits per heavy atom. The normalized spacial score (nSPS) is 10.8. The van der Waals surface area contributed by atoms with Gasteiger partial charge in [-0.2, -0.15) is 4.68 Å². The zero-order chi connectivity index (χ0) is 15.0. The highest BCUT2D eigenvalue weighted by Gasteiger charge is 2.14. The van der Waals surface area contributed by atoms with E-state index < -0.39 is 0 Å². The molecule has 1 heterocycles. The first kappa shape index (κ1) is 13.0. The fraction of sp³-hybridized carbons (Fsp3) is 0.0714. The van der Waals surface area contributed by atoms with Gasteiger partial charge in [0.15, 0.2) is 5.82 Å². The van der Waals surface area contributed by atoms with Gasteiger partial charge in [-0.3, -0.25) is 0 Å². The number of benzene rings is 2. The molecule has 3 aromatic rings. The maximum atomic E-state index is 13.5. The van der Waals surface area contributed by atoms with Crippen molar-refractivity contribution in [1.82, 2.24) is 20.2 Å². The molecule has 0 aliphatic carbocycles. The molecule has 2 aromatic carbocycles. The molecule has 0 aliphatic rings. The number of nitrogen functional groups attached to an aromatic ring is 2. The molecule has 0 spiro atoms. The molecule has 21 heavy (non-hydrogen) atoms. The van der Waals surface area contributed by atoms with Crippen LogP contribution in [0.25, 0.3) is 17.1 Å². The van der Waals surface area contributed by atoms with Gasteiger partial charge in [0.25, 0.3) is 0 Å². The number of hydrogen-bond acceptors (Lipinski definition) is 5. The summed E-state index contributed by atoms with van der Waals surface area (Å²) in [5.41, 5.74) is 14.7. The number of halogens is 1. The Morgan fingerprint density at radius 1 is 1.05 bits per heavy atom. The van der Waals surface area contributed by atoms with Gasteiger partial charge in [0.1, 0.15) is 5.82 Å². The average Bonchev–Trinajstić information content (AvgIpc) is 2.89. The summed E-state index contributed by atoms with van der Waals surface area (Å²) in [6.45, 7) is 1.86. The minimum Gasteiger partial charge on any atom is -0.399 e. The van der Waals surface area contributed by atoms with Crippen LogP contribution >= 0.6 is 0 Å². The largest absolute Gasteiger partial charge is 0.399 e. The number of rotatable bonds is 2. The van der Waals surface area contributed by atoms with Crippen LogP contribution in [-0.2, 0) is 0 Å². The summed E-state index contributed by atoms with van der Waals surface area (Å²) in [5, 5.41) is 11.6. The van der Waals surface area contributed by atoms with Gasteiger partial charge < -0.3 is 11.5 Å². The van der Waals surface area contributed by atoms with Crippen molar-refractivity contribution in [3.63, 3.8) is 0 Å². The van der Waals surface area contributed by atoms with Gasteiger partial charge in [0.05, 0.1) is 5.69 Å². The summed E-state index contributed by atoms with van der Waals surface area (Å²) in [4.78, 5) is 0. The number of hydrogen-bond donors (Lipinski definition) is 2. The Kier molecular flexibility index (Phi) is 3.02. The van der Waals surface area contributed by atoms with Crippen LogP contribution in [0.15, 0.2) is 36.4 Å². The van der Waals surface area contributed by atoms with Gasteiger partial charge >= 0.3 is 0 Å². The van der Waals surface area contributed by atoms with Gasteiger partial charge in [-0.25, -0.2) is 4.39 Å². The number of nitrogens with zero attached hydrogens (tertiary/aromatic N) is 4. The number of aromatic nitrogens is 4. The summed E-state index contributed by atoms with van der Waals surface area (Å²) in [6.07, 6.45) is 0. The van der Waals surface area contributed by atoms with Crippen LogP contribution in [0, 0.1) is 12.7 Å². The van der Waals surface area contributed by atoms with E-state index in [-0.39, 0.29) is 5.82 Å². The predicted molar refractivity (Wildman–Crippen MR) is 78.1 cm³/mol. The smallest absolute Gasteiger partial charge is 0.187 e. The van der Waals surface area contributed by atoms with Crippen LogP contribution in [0.5, 0.6) is 0 Å². The topological polar surface area (TPSA) is 95.6 Å². The molecule has 0 amide bonds. The molecule has 0 unspecified atom stereocenters. The van der Waals surface area contributed by atoms with Crippen molar-refractivity contribution >= 4 is 11.4 Å². The predicted octanol–water partition coefficient (Wildman–Crippen LogP) is 1.94. The maximum Gasteiger partial charge on any atom is 0.187 e. The Hall–Kier alpha value is -2.96. The van der Waals surface area contributed by atoms with Crippen molar-refractivity contribution in [2.75, 3.05) is 11.5 Å². The Bertz CT molecular complexity index is 791. The molecule has 0 saturated carbocycles. The van der Waals surface area contributed by atoms with Gasteiger partial charge in [-0.15, -0.1) is 5.10 Å². The quantitative estimate of drug-likeness (QED) is 0.701. The van der Waals surface area contributed by atoms with Crippen molar-refractivity contribution in [1.29, 1.82) is 0 Å². The number of nitrogens with two attached hydrogens (primary N) is 2. The SMILES string of the molecule is Cc1ccc(F)cc1-n1nnnc1-c1cc(N)cc(N)c1. The van der Waals surface area contributed by atoms with Crippen LogP contribution in [-0.4, -0.2) is 20.2 Å². The summed E-state index contributed by atoms with van der Waals surface area (Å²) in [5.74, 6) is 0.0897. The zero-order valence-corrected chi connectivity index (χ0v) is 11.3. The van der Waals surface area contributed by atoms with E-state index in [1.54, 1.807) is 24.3 Å². The lowest BCUT2D eigenvalue weighted by molar-refractivity contribution is 0.624. The lowest BCUT2D eigenvalue weighted by Crippen LogP contribution is -2.03. The fourth-order valence-electron chi connectivity index (χ4n) is 2.15. The standard InChI is InChI=1S/C14H13FN6/c1-8-2-3-10(15)6-13(8)21-14(18-19-20-21)9-4-11(16)7-12(17)5-9/h2-7H,16-17H2,1H3. The van der Waals surface area contributed by atoms with Gasteiger partial charge in [0.2, 0.25) is 0 Å².